The highest BCUT2D eigenvalue weighted by Crippen LogP contribution is 2.19. The molecule has 18 heavy (non-hydrogen) atoms. The lowest BCUT2D eigenvalue weighted by Gasteiger charge is -2.13. The first-order valence-electron chi connectivity index (χ1n) is 5.85. The van der Waals surface area contributed by atoms with E-state index in [1.807, 2.05) is 0 Å². The highest BCUT2D eigenvalue weighted by atomic mass is 35.5. The Morgan fingerprint density at radius 2 is 2.17 bits per heavy atom. The Kier molecular flexibility index (Phi) is 2.72. The Bertz CT molecular complexity index is 713. The van der Waals surface area contributed by atoms with Crippen molar-refractivity contribution in [2.75, 3.05) is 6.54 Å². The second-order valence-corrected chi connectivity index (χ2v) is 4.79. The molecule has 1 fully saturated rings. The van der Waals surface area contributed by atoms with Gasteiger partial charge in [-0.2, -0.15) is 0 Å². The van der Waals surface area contributed by atoms with Gasteiger partial charge in [0.1, 0.15) is 0 Å². The quantitative estimate of drug-likeness (QED) is 0.815. The molecular weight excluding hydrogens is 254 g/mol. The third kappa shape index (κ3) is 1.67. The fourth-order valence-electron chi connectivity index (χ4n) is 2.40. The van der Waals surface area contributed by atoms with Crippen molar-refractivity contribution in [3.05, 3.63) is 44.1 Å². The lowest BCUT2D eigenvalue weighted by molar-refractivity contribution is 0.439. The van der Waals surface area contributed by atoms with Crippen LogP contribution in [0.25, 0.3) is 10.9 Å². The molecule has 5 nitrogen and oxygen atoms in total. The van der Waals surface area contributed by atoms with Crippen LogP contribution in [0.4, 0.5) is 0 Å². The number of H-pyrrole nitrogens is 1. The Morgan fingerprint density at radius 3 is 2.89 bits per heavy atom. The molecule has 0 amide bonds. The third-order valence-corrected chi connectivity index (χ3v) is 3.57. The second-order valence-electron chi connectivity index (χ2n) is 4.38. The number of rotatable bonds is 1. The summed E-state index contributed by atoms with van der Waals surface area (Å²) in [5.41, 5.74) is -0.250. The van der Waals surface area contributed by atoms with E-state index >= 15 is 0 Å². The minimum absolute atomic E-state index is 0.234. The van der Waals surface area contributed by atoms with Gasteiger partial charge < -0.3 is 4.98 Å². The number of hydrogen-bond acceptors (Lipinski definition) is 3. The fraction of sp³-hybridized carbons (Fsp3) is 0.333. The van der Waals surface area contributed by atoms with E-state index in [0.29, 0.717) is 15.9 Å². The van der Waals surface area contributed by atoms with Crippen LogP contribution in [0.15, 0.2) is 27.8 Å². The van der Waals surface area contributed by atoms with Gasteiger partial charge in [-0.15, -0.1) is 0 Å². The van der Waals surface area contributed by atoms with Crippen LogP contribution in [0.5, 0.6) is 0 Å². The number of aromatic nitrogens is 2. The van der Waals surface area contributed by atoms with Gasteiger partial charge in [-0.05, 0) is 31.5 Å². The SMILES string of the molecule is O=c1[nH]c2cccc(Cl)c2c(=O)n1C1CCCN1. The zero-order valence-corrected chi connectivity index (χ0v) is 10.3. The third-order valence-electron chi connectivity index (χ3n) is 3.25. The summed E-state index contributed by atoms with van der Waals surface area (Å²) in [6.45, 7) is 0.817. The van der Waals surface area contributed by atoms with Gasteiger partial charge in [0, 0.05) is 0 Å². The number of aromatic amines is 1. The van der Waals surface area contributed by atoms with Crippen molar-refractivity contribution in [3.63, 3.8) is 0 Å². The first-order chi connectivity index (χ1) is 8.68. The number of benzene rings is 1. The molecule has 3 rings (SSSR count). The largest absolute Gasteiger partial charge is 0.330 e. The first kappa shape index (κ1) is 11.5. The van der Waals surface area contributed by atoms with Crippen LogP contribution in [0, 0.1) is 0 Å². The van der Waals surface area contributed by atoms with Gasteiger partial charge in [0.2, 0.25) is 0 Å². The van der Waals surface area contributed by atoms with Crippen LogP contribution in [0.1, 0.15) is 19.0 Å². The van der Waals surface area contributed by atoms with Gasteiger partial charge in [0.05, 0.1) is 22.1 Å². The maximum absolute atomic E-state index is 12.4. The molecule has 0 spiro atoms. The number of hydrogen-bond donors (Lipinski definition) is 2. The molecule has 2 N–H and O–H groups in total. The summed E-state index contributed by atoms with van der Waals surface area (Å²) in [4.78, 5) is 27.1. The minimum atomic E-state index is -0.394. The monoisotopic (exact) mass is 265 g/mol. The average molecular weight is 266 g/mol. The Labute approximate surface area is 107 Å². The summed E-state index contributed by atoms with van der Waals surface area (Å²) in [6, 6.07) is 5.03. The van der Waals surface area contributed by atoms with E-state index in [9.17, 15) is 9.59 Å². The van der Waals surface area contributed by atoms with Crippen LogP contribution < -0.4 is 16.6 Å². The molecular formula is C12H12ClN3O2. The standard InChI is InChI=1S/C12H12ClN3O2/c13-7-3-1-4-8-10(7)11(17)16(12(18)15-8)9-5-2-6-14-9/h1,3-4,9,14H,2,5-6H2,(H,15,18). The van der Waals surface area contributed by atoms with Crippen molar-refractivity contribution >= 4 is 22.5 Å². The predicted molar refractivity (Wildman–Crippen MR) is 70.1 cm³/mol. The van der Waals surface area contributed by atoms with E-state index in [2.05, 4.69) is 10.3 Å². The second kappa shape index (κ2) is 4.26. The Balaban J connectivity index is 2.36. The molecule has 1 aromatic heterocycles. The first-order valence-corrected chi connectivity index (χ1v) is 6.23. The summed E-state index contributed by atoms with van der Waals surface area (Å²) in [5, 5.41) is 3.87. The highest BCUT2D eigenvalue weighted by Gasteiger charge is 2.21. The molecule has 0 radical (unpaired) electrons. The molecule has 6 heteroatoms. The van der Waals surface area contributed by atoms with Gasteiger partial charge in [0.15, 0.2) is 0 Å². The minimum Gasteiger partial charge on any atom is -0.307 e. The van der Waals surface area contributed by atoms with Crippen molar-refractivity contribution < 1.29 is 0 Å². The van der Waals surface area contributed by atoms with E-state index in [1.165, 1.54) is 4.57 Å². The van der Waals surface area contributed by atoms with E-state index in [0.717, 1.165) is 19.4 Å². The van der Waals surface area contributed by atoms with Gasteiger partial charge in [0.25, 0.3) is 5.56 Å². The lowest BCUT2D eigenvalue weighted by Crippen LogP contribution is -2.41. The molecule has 1 saturated heterocycles. The van der Waals surface area contributed by atoms with E-state index in [4.69, 9.17) is 11.6 Å². The van der Waals surface area contributed by atoms with Crippen LogP contribution >= 0.6 is 11.6 Å². The van der Waals surface area contributed by atoms with Crippen LogP contribution in [0.3, 0.4) is 0 Å². The predicted octanol–water partition coefficient (Wildman–Crippen LogP) is 1.23. The molecule has 1 aliphatic heterocycles. The van der Waals surface area contributed by atoms with Gasteiger partial charge in [-0.25, -0.2) is 9.36 Å². The van der Waals surface area contributed by atoms with Crippen molar-refractivity contribution in [2.24, 2.45) is 0 Å². The summed E-state index contributed by atoms with van der Waals surface area (Å²) >= 11 is 6.04. The van der Waals surface area contributed by atoms with Gasteiger partial charge in [-0.1, -0.05) is 17.7 Å². The molecule has 1 atom stereocenters. The van der Waals surface area contributed by atoms with E-state index in [-0.39, 0.29) is 11.7 Å². The molecule has 2 heterocycles. The molecule has 1 aliphatic rings. The number of fused-ring (bicyclic) bond motifs is 1. The molecule has 0 saturated carbocycles. The maximum Gasteiger partial charge on any atom is 0.330 e. The maximum atomic E-state index is 12.4. The Hall–Kier alpha value is -1.59. The Morgan fingerprint density at radius 1 is 1.33 bits per heavy atom. The fourth-order valence-corrected chi connectivity index (χ4v) is 2.66. The van der Waals surface area contributed by atoms with Crippen molar-refractivity contribution in [2.45, 2.75) is 19.0 Å². The molecule has 0 aliphatic carbocycles. The molecule has 1 unspecified atom stereocenters. The number of halogens is 1. The summed E-state index contributed by atoms with van der Waals surface area (Å²) < 4.78 is 1.22. The zero-order valence-electron chi connectivity index (χ0n) is 9.57. The van der Waals surface area contributed by atoms with Gasteiger partial charge >= 0.3 is 5.69 Å². The summed E-state index contributed by atoms with van der Waals surface area (Å²) in [5.74, 6) is 0. The number of nitrogens with one attached hydrogen (secondary N) is 2. The van der Waals surface area contributed by atoms with E-state index in [1.54, 1.807) is 18.2 Å². The van der Waals surface area contributed by atoms with Crippen molar-refractivity contribution in [1.82, 2.24) is 14.9 Å². The smallest absolute Gasteiger partial charge is 0.307 e. The van der Waals surface area contributed by atoms with Gasteiger partial charge in [-0.3, -0.25) is 10.1 Å². The summed E-state index contributed by atoms with van der Waals surface area (Å²) in [6.07, 6.45) is 1.50. The molecule has 0 bridgehead atoms. The molecule has 1 aromatic carbocycles. The molecule has 2 aromatic rings. The molecule has 94 valence electrons. The van der Waals surface area contributed by atoms with E-state index < -0.39 is 5.69 Å². The zero-order chi connectivity index (χ0) is 12.7. The average Bonchev–Trinajstić information content (AvgIpc) is 2.82. The lowest BCUT2D eigenvalue weighted by atomic mass is 10.2. The van der Waals surface area contributed by atoms with Crippen molar-refractivity contribution in [3.8, 4) is 0 Å². The topological polar surface area (TPSA) is 66.9 Å². The van der Waals surface area contributed by atoms with Crippen molar-refractivity contribution in [1.29, 1.82) is 0 Å². The highest BCUT2D eigenvalue weighted by molar-refractivity contribution is 6.35. The van der Waals surface area contributed by atoms with Crippen LogP contribution in [-0.2, 0) is 0 Å². The summed E-state index contributed by atoms with van der Waals surface area (Å²) in [7, 11) is 0. The number of nitrogens with zero attached hydrogens (tertiary/aromatic N) is 1. The van der Waals surface area contributed by atoms with Crippen LogP contribution in [-0.4, -0.2) is 16.1 Å². The normalized spacial score (nSPS) is 19.5. The van der Waals surface area contributed by atoms with Crippen LogP contribution in [0.2, 0.25) is 5.02 Å².